The minimum absolute atomic E-state index is 0.333. The number of aromatic nitrogens is 2. The van der Waals surface area contributed by atoms with Crippen molar-refractivity contribution in [2.24, 2.45) is 0 Å². The van der Waals surface area contributed by atoms with E-state index in [1.165, 1.54) is 0 Å². The van der Waals surface area contributed by atoms with Crippen LogP contribution in [0.25, 0.3) is 10.6 Å². The zero-order valence-electron chi connectivity index (χ0n) is 14.4. The van der Waals surface area contributed by atoms with Crippen molar-refractivity contribution in [1.82, 2.24) is 14.9 Å². The van der Waals surface area contributed by atoms with Gasteiger partial charge in [-0.15, -0.1) is 21.8 Å². The molecule has 11 heteroatoms. The summed E-state index contributed by atoms with van der Waals surface area (Å²) in [5.74, 6) is 1.02. The third-order valence-electron chi connectivity index (χ3n) is 2.70. The summed E-state index contributed by atoms with van der Waals surface area (Å²) >= 11 is 6.39. The molecular weight excluding hydrogens is 402 g/mol. The van der Waals surface area contributed by atoms with Crippen LogP contribution in [0.5, 0.6) is 5.75 Å². The van der Waals surface area contributed by atoms with Gasteiger partial charge in [0.05, 0.1) is 5.88 Å². The molecule has 26 heavy (non-hydrogen) atoms. The fourth-order valence-corrected chi connectivity index (χ4v) is 3.69. The van der Waals surface area contributed by atoms with Crippen LogP contribution in [0.15, 0.2) is 28.6 Å². The van der Waals surface area contributed by atoms with Gasteiger partial charge in [0.25, 0.3) is 14.4 Å². The average Bonchev–Trinajstić information content (AvgIpc) is 3.02. The molecule has 2 rings (SSSR count). The first kappa shape index (κ1) is 20.4. The van der Waals surface area contributed by atoms with Crippen LogP contribution >= 0.6 is 22.9 Å². The number of carbonyl (C=O) groups excluding carboxylic acids is 1. The van der Waals surface area contributed by atoms with Crippen molar-refractivity contribution in [2.75, 3.05) is 12.5 Å². The van der Waals surface area contributed by atoms with Gasteiger partial charge in [0, 0.05) is 5.56 Å². The highest BCUT2D eigenvalue weighted by Crippen LogP contribution is 2.27. The molecule has 0 radical (unpaired) electrons. The summed E-state index contributed by atoms with van der Waals surface area (Å²) in [6.45, 7) is 5.27. The van der Waals surface area contributed by atoms with E-state index in [-0.39, 0.29) is 4.34 Å². The summed E-state index contributed by atoms with van der Waals surface area (Å²) in [7, 11) is -4.16. The Hall–Kier alpha value is -1.91. The Morgan fingerprint density at radius 2 is 1.88 bits per heavy atom. The highest BCUT2D eigenvalue weighted by atomic mass is 35.5. The molecule has 142 valence electrons. The maximum atomic E-state index is 12.2. The summed E-state index contributed by atoms with van der Waals surface area (Å²) in [6, 6.07) is 6.89. The van der Waals surface area contributed by atoms with Crippen LogP contribution < -0.4 is 9.46 Å². The zero-order valence-corrected chi connectivity index (χ0v) is 16.7. The summed E-state index contributed by atoms with van der Waals surface area (Å²) in [5, 5.41) is 7.90. The van der Waals surface area contributed by atoms with Gasteiger partial charge in [0.1, 0.15) is 23.0 Å². The van der Waals surface area contributed by atoms with Crippen molar-refractivity contribution >= 4 is 39.1 Å². The van der Waals surface area contributed by atoms with Crippen LogP contribution in [0.1, 0.15) is 20.8 Å². The number of rotatable bonds is 6. The second kappa shape index (κ2) is 8.19. The predicted octanol–water partition coefficient (Wildman–Crippen LogP) is 3.04. The van der Waals surface area contributed by atoms with Gasteiger partial charge in [0.15, 0.2) is 0 Å². The van der Waals surface area contributed by atoms with Crippen LogP contribution in [-0.2, 0) is 14.8 Å². The van der Waals surface area contributed by atoms with Gasteiger partial charge < -0.3 is 9.47 Å². The molecule has 0 spiro atoms. The van der Waals surface area contributed by atoms with Gasteiger partial charge in [-0.3, -0.25) is 0 Å². The minimum Gasteiger partial charge on any atom is -0.492 e. The number of carbonyl (C=O) groups is 1. The number of nitrogens with zero attached hydrogens (tertiary/aromatic N) is 2. The van der Waals surface area contributed by atoms with Crippen molar-refractivity contribution < 1.29 is 22.7 Å². The van der Waals surface area contributed by atoms with E-state index in [0.717, 1.165) is 11.3 Å². The van der Waals surface area contributed by atoms with E-state index >= 15 is 0 Å². The number of alkyl halides is 1. The first-order chi connectivity index (χ1) is 12.1. The smallest absolute Gasteiger partial charge is 0.421 e. The lowest BCUT2D eigenvalue weighted by Crippen LogP contribution is -2.36. The van der Waals surface area contributed by atoms with Crippen molar-refractivity contribution in [3.8, 4) is 16.3 Å². The molecule has 0 fully saturated rings. The van der Waals surface area contributed by atoms with Crippen LogP contribution in [0.3, 0.4) is 0 Å². The molecule has 0 saturated carbocycles. The minimum atomic E-state index is -4.16. The van der Waals surface area contributed by atoms with Crippen LogP contribution in [-0.4, -0.2) is 42.8 Å². The van der Waals surface area contributed by atoms with Gasteiger partial charge in [0.2, 0.25) is 0 Å². The van der Waals surface area contributed by atoms with Crippen molar-refractivity contribution in [1.29, 1.82) is 0 Å². The van der Waals surface area contributed by atoms with Gasteiger partial charge in [-0.2, -0.15) is 8.42 Å². The second-order valence-electron chi connectivity index (χ2n) is 6.04. The number of nitrogens with one attached hydrogen (secondary N) is 1. The highest BCUT2D eigenvalue weighted by molar-refractivity contribution is 7.92. The lowest BCUT2D eigenvalue weighted by atomic mass is 10.2. The number of ether oxygens (including phenoxy) is 2. The summed E-state index contributed by atoms with van der Waals surface area (Å²) in [4.78, 5) is 11.7. The number of hydrogen-bond donors (Lipinski definition) is 1. The summed E-state index contributed by atoms with van der Waals surface area (Å²) < 4.78 is 36.2. The summed E-state index contributed by atoms with van der Waals surface area (Å²) in [5.41, 5.74) is -0.154. The molecule has 8 nitrogen and oxygen atoms in total. The number of amides is 1. The number of halogens is 1. The molecule has 1 amide bonds. The Morgan fingerprint density at radius 1 is 1.23 bits per heavy atom. The number of benzene rings is 1. The van der Waals surface area contributed by atoms with E-state index in [2.05, 4.69) is 10.2 Å². The molecule has 0 aliphatic heterocycles. The van der Waals surface area contributed by atoms with Crippen LogP contribution in [0.4, 0.5) is 4.79 Å². The number of hydrogen-bond acceptors (Lipinski definition) is 8. The van der Waals surface area contributed by atoms with E-state index in [1.54, 1.807) is 45.0 Å². The molecule has 0 bridgehead atoms. The molecule has 1 aromatic carbocycles. The van der Waals surface area contributed by atoms with Gasteiger partial charge >= 0.3 is 6.09 Å². The molecule has 1 N–H and O–H groups in total. The van der Waals surface area contributed by atoms with Crippen LogP contribution in [0.2, 0.25) is 0 Å². The molecule has 2 aromatic rings. The molecule has 0 atom stereocenters. The van der Waals surface area contributed by atoms with E-state index in [4.69, 9.17) is 21.1 Å². The van der Waals surface area contributed by atoms with Crippen LogP contribution in [0, 0.1) is 0 Å². The SMILES string of the molecule is CC(C)(C)OC(=O)NS(=O)(=O)c1nnc(-c2ccc(OCCCl)cc2)s1. The second-order valence-corrected chi connectivity index (χ2v) is 9.25. The fraction of sp³-hybridized carbons (Fsp3) is 0.400. The zero-order chi connectivity index (χ0) is 19.4. The Morgan fingerprint density at radius 3 is 2.46 bits per heavy atom. The third kappa shape index (κ3) is 5.82. The predicted molar refractivity (Wildman–Crippen MR) is 98.1 cm³/mol. The summed E-state index contributed by atoms with van der Waals surface area (Å²) in [6.07, 6.45) is -1.07. The lowest BCUT2D eigenvalue weighted by Gasteiger charge is -2.19. The average molecular weight is 420 g/mol. The third-order valence-corrected chi connectivity index (χ3v) is 5.51. The normalized spacial score (nSPS) is 11.8. The standard InChI is InChI=1S/C15H18ClN3O5S2/c1-15(2,3)24-13(20)19-26(21,22)14-18-17-12(25-14)10-4-6-11(7-5-10)23-9-8-16/h4-7H,8-9H2,1-3H3,(H,19,20). The Balaban J connectivity index is 2.12. The largest absolute Gasteiger partial charge is 0.492 e. The lowest BCUT2D eigenvalue weighted by molar-refractivity contribution is 0.0570. The van der Waals surface area contributed by atoms with Gasteiger partial charge in [-0.05, 0) is 45.0 Å². The quantitative estimate of drug-likeness (QED) is 0.717. The van der Waals surface area contributed by atoms with E-state index in [1.807, 2.05) is 4.72 Å². The molecule has 1 aromatic heterocycles. The van der Waals surface area contributed by atoms with E-state index < -0.39 is 21.7 Å². The highest BCUT2D eigenvalue weighted by Gasteiger charge is 2.26. The Kier molecular flexibility index (Phi) is 6.43. The topological polar surface area (TPSA) is 107 Å². The maximum absolute atomic E-state index is 12.2. The molecule has 0 unspecified atom stereocenters. The molecule has 0 aliphatic carbocycles. The molecule has 0 saturated heterocycles. The van der Waals surface area contributed by atoms with E-state index in [9.17, 15) is 13.2 Å². The Bertz CT molecular complexity index is 860. The first-order valence-corrected chi connectivity index (χ1v) is 10.3. The van der Waals surface area contributed by atoms with Crippen molar-refractivity contribution in [2.45, 2.75) is 30.7 Å². The number of sulfonamides is 1. The monoisotopic (exact) mass is 419 g/mol. The van der Waals surface area contributed by atoms with Gasteiger partial charge in [-0.1, -0.05) is 11.3 Å². The van der Waals surface area contributed by atoms with Gasteiger partial charge in [-0.25, -0.2) is 9.52 Å². The van der Waals surface area contributed by atoms with E-state index in [0.29, 0.717) is 28.8 Å². The molecule has 0 aliphatic rings. The van der Waals surface area contributed by atoms with Crippen molar-refractivity contribution in [3.63, 3.8) is 0 Å². The first-order valence-electron chi connectivity index (χ1n) is 7.49. The fourth-order valence-electron chi connectivity index (χ4n) is 1.74. The Labute approximate surface area is 160 Å². The molecule has 1 heterocycles. The van der Waals surface area contributed by atoms with Crippen molar-refractivity contribution in [3.05, 3.63) is 24.3 Å². The molecular formula is C15H18ClN3O5S2. The maximum Gasteiger partial charge on any atom is 0.421 e.